The summed E-state index contributed by atoms with van der Waals surface area (Å²) in [5.41, 5.74) is 10.2. The summed E-state index contributed by atoms with van der Waals surface area (Å²) in [5.74, 6) is 0.523. The van der Waals surface area contributed by atoms with E-state index >= 15 is 0 Å². The van der Waals surface area contributed by atoms with Crippen LogP contribution in [0, 0.1) is 13.8 Å². The van der Waals surface area contributed by atoms with Gasteiger partial charge in [0.05, 0.1) is 11.4 Å². The van der Waals surface area contributed by atoms with Crippen molar-refractivity contribution in [2.75, 3.05) is 5.73 Å². The zero-order valence-electron chi connectivity index (χ0n) is 10.9. The van der Waals surface area contributed by atoms with Crippen molar-refractivity contribution in [3.05, 3.63) is 33.4 Å². The number of nitrogen functional groups attached to an aromatic ring is 1. The van der Waals surface area contributed by atoms with E-state index < -0.39 is 0 Å². The minimum Gasteiger partial charge on any atom is -0.381 e. The molecule has 96 valence electrons. The lowest BCUT2D eigenvalue weighted by molar-refractivity contribution is 0.744. The van der Waals surface area contributed by atoms with Crippen LogP contribution >= 0.6 is 15.9 Å². The molecule has 18 heavy (non-hydrogen) atoms. The van der Waals surface area contributed by atoms with Crippen LogP contribution in [0.25, 0.3) is 5.69 Å². The Kier molecular flexibility index (Phi) is 3.71. The molecule has 0 unspecified atom stereocenters. The maximum atomic E-state index is 5.87. The highest BCUT2D eigenvalue weighted by atomic mass is 79.9. The largest absolute Gasteiger partial charge is 0.381 e. The molecule has 4 nitrogen and oxygen atoms in total. The van der Waals surface area contributed by atoms with E-state index in [1.807, 2.05) is 4.68 Å². The molecule has 0 aliphatic rings. The van der Waals surface area contributed by atoms with Crippen molar-refractivity contribution in [1.82, 2.24) is 15.0 Å². The number of nitrogens with zero attached hydrogens (tertiary/aromatic N) is 3. The Balaban J connectivity index is 2.55. The fraction of sp³-hybridized carbons (Fsp3) is 0.385. The van der Waals surface area contributed by atoms with Crippen LogP contribution in [0.1, 0.15) is 30.2 Å². The zero-order valence-corrected chi connectivity index (χ0v) is 12.5. The van der Waals surface area contributed by atoms with Crippen LogP contribution < -0.4 is 5.73 Å². The minimum atomic E-state index is 0.523. The van der Waals surface area contributed by atoms with E-state index in [2.05, 4.69) is 59.1 Å². The quantitative estimate of drug-likeness (QED) is 0.947. The first kappa shape index (κ1) is 13.1. The van der Waals surface area contributed by atoms with Gasteiger partial charge in [-0.3, -0.25) is 0 Å². The Hall–Kier alpha value is -1.36. The number of benzene rings is 1. The molecule has 0 fully saturated rings. The summed E-state index contributed by atoms with van der Waals surface area (Å²) in [4.78, 5) is 0. The van der Waals surface area contributed by atoms with Crippen molar-refractivity contribution in [2.45, 2.75) is 33.6 Å². The smallest absolute Gasteiger partial charge is 0.169 e. The minimum absolute atomic E-state index is 0.523. The lowest BCUT2D eigenvalue weighted by atomic mass is 10.1. The Labute approximate surface area is 115 Å². The highest BCUT2D eigenvalue weighted by Gasteiger charge is 2.12. The first-order valence-corrected chi connectivity index (χ1v) is 6.81. The molecular weight excluding hydrogens is 292 g/mol. The van der Waals surface area contributed by atoms with Crippen molar-refractivity contribution in [3.63, 3.8) is 0 Å². The first-order valence-electron chi connectivity index (χ1n) is 6.01. The van der Waals surface area contributed by atoms with Gasteiger partial charge in [-0.25, -0.2) is 4.68 Å². The molecule has 0 radical (unpaired) electrons. The second kappa shape index (κ2) is 5.10. The summed E-state index contributed by atoms with van der Waals surface area (Å²) in [6.07, 6.45) is 1.90. The molecular formula is C13H17BrN4. The maximum Gasteiger partial charge on any atom is 0.169 e. The van der Waals surface area contributed by atoms with Gasteiger partial charge in [0, 0.05) is 4.47 Å². The fourth-order valence-electron chi connectivity index (χ4n) is 2.04. The molecule has 0 aliphatic carbocycles. The number of rotatable bonds is 3. The molecule has 2 rings (SSSR count). The second-order valence-electron chi connectivity index (χ2n) is 4.48. The molecule has 0 amide bonds. The first-order chi connectivity index (χ1) is 8.54. The van der Waals surface area contributed by atoms with Crippen LogP contribution in [-0.2, 0) is 6.42 Å². The van der Waals surface area contributed by atoms with Crippen molar-refractivity contribution >= 4 is 21.7 Å². The SMILES string of the molecule is CCCc1c(N)nnn1-c1cc(C)c(Br)c(C)c1. The van der Waals surface area contributed by atoms with Gasteiger partial charge in [0.25, 0.3) is 0 Å². The van der Waals surface area contributed by atoms with Gasteiger partial charge in [0.2, 0.25) is 0 Å². The van der Waals surface area contributed by atoms with Crippen LogP contribution in [0.4, 0.5) is 5.82 Å². The van der Waals surface area contributed by atoms with E-state index in [0.29, 0.717) is 5.82 Å². The van der Waals surface area contributed by atoms with E-state index in [1.165, 1.54) is 11.1 Å². The van der Waals surface area contributed by atoms with Crippen molar-refractivity contribution in [2.24, 2.45) is 0 Å². The number of hydrogen-bond acceptors (Lipinski definition) is 3. The van der Waals surface area contributed by atoms with E-state index in [0.717, 1.165) is 28.7 Å². The molecule has 0 saturated carbocycles. The Bertz CT molecular complexity index is 551. The zero-order chi connectivity index (χ0) is 13.3. The van der Waals surface area contributed by atoms with Crippen molar-refractivity contribution in [3.8, 4) is 5.69 Å². The van der Waals surface area contributed by atoms with Crippen LogP contribution in [0.2, 0.25) is 0 Å². The molecule has 0 spiro atoms. The van der Waals surface area contributed by atoms with Gasteiger partial charge in [0.15, 0.2) is 5.82 Å². The molecule has 2 aromatic rings. The summed E-state index contributed by atoms with van der Waals surface area (Å²) in [5, 5.41) is 8.12. The molecule has 0 bridgehead atoms. The van der Waals surface area contributed by atoms with Crippen molar-refractivity contribution in [1.29, 1.82) is 0 Å². The van der Waals surface area contributed by atoms with Gasteiger partial charge in [-0.05, 0) is 43.5 Å². The van der Waals surface area contributed by atoms with Gasteiger partial charge in [-0.15, -0.1) is 5.10 Å². The van der Waals surface area contributed by atoms with E-state index in [-0.39, 0.29) is 0 Å². The lowest BCUT2D eigenvalue weighted by Gasteiger charge is -2.10. The summed E-state index contributed by atoms with van der Waals surface area (Å²) >= 11 is 3.57. The predicted molar refractivity (Wildman–Crippen MR) is 76.9 cm³/mol. The maximum absolute atomic E-state index is 5.87. The Morgan fingerprint density at radius 1 is 1.28 bits per heavy atom. The Morgan fingerprint density at radius 3 is 2.44 bits per heavy atom. The predicted octanol–water partition coefficient (Wildman–Crippen LogP) is 3.18. The van der Waals surface area contributed by atoms with Crippen LogP contribution in [-0.4, -0.2) is 15.0 Å². The average Bonchev–Trinajstić information content (AvgIpc) is 2.68. The van der Waals surface area contributed by atoms with Crippen LogP contribution in [0.15, 0.2) is 16.6 Å². The van der Waals surface area contributed by atoms with E-state index in [4.69, 9.17) is 5.73 Å². The van der Waals surface area contributed by atoms with Crippen LogP contribution in [0.5, 0.6) is 0 Å². The van der Waals surface area contributed by atoms with E-state index in [1.54, 1.807) is 0 Å². The highest BCUT2D eigenvalue weighted by molar-refractivity contribution is 9.10. The van der Waals surface area contributed by atoms with Crippen molar-refractivity contribution < 1.29 is 0 Å². The number of aromatic nitrogens is 3. The van der Waals surface area contributed by atoms with Gasteiger partial charge in [-0.2, -0.15) is 0 Å². The van der Waals surface area contributed by atoms with Crippen LogP contribution in [0.3, 0.4) is 0 Å². The number of halogens is 1. The summed E-state index contributed by atoms with van der Waals surface area (Å²) in [6.45, 7) is 6.26. The Morgan fingerprint density at radius 2 is 1.89 bits per heavy atom. The van der Waals surface area contributed by atoms with Gasteiger partial charge >= 0.3 is 0 Å². The van der Waals surface area contributed by atoms with E-state index in [9.17, 15) is 0 Å². The molecule has 5 heteroatoms. The van der Waals surface area contributed by atoms with Gasteiger partial charge in [0.1, 0.15) is 0 Å². The lowest BCUT2D eigenvalue weighted by Crippen LogP contribution is -2.04. The summed E-state index contributed by atoms with van der Waals surface area (Å²) in [6, 6.07) is 4.18. The number of anilines is 1. The molecule has 1 heterocycles. The topological polar surface area (TPSA) is 56.7 Å². The van der Waals surface area contributed by atoms with Gasteiger partial charge < -0.3 is 5.73 Å². The number of nitrogens with two attached hydrogens (primary N) is 1. The molecule has 0 aliphatic heterocycles. The molecule has 0 atom stereocenters. The number of aryl methyl sites for hydroxylation is 2. The summed E-state index contributed by atoms with van der Waals surface area (Å²) in [7, 11) is 0. The standard InChI is InChI=1S/C13H17BrN4/c1-4-5-11-13(15)16-17-18(11)10-6-8(2)12(14)9(3)7-10/h6-7H,4-5,15H2,1-3H3. The molecule has 2 N–H and O–H groups in total. The third-order valence-corrected chi connectivity index (χ3v) is 4.20. The third-order valence-electron chi connectivity index (χ3n) is 2.95. The third kappa shape index (κ3) is 2.27. The second-order valence-corrected chi connectivity index (χ2v) is 5.27. The fourth-order valence-corrected chi connectivity index (χ4v) is 2.27. The molecule has 1 aromatic heterocycles. The molecule has 0 saturated heterocycles. The molecule has 1 aromatic carbocycles. The highest BCUT2D eigenvalue weighted by Crippen LogP contribution is 2.25. The normalized spacial score (nSPS) is 10.9. The number of hydrogen-bond donors (Lipinski definition) is 1. The van der Waals surface area contributed by atoms with Gasteiger partial charge in [-0.1, -0.05) is 34.5 Å². The average molecular weight is 309 g/mol. The monoisotopic (exact) mass is 308 g/mol. The summed E-state index contributed by atoms with van der Waals surface area (Å²) < 4.78 is 2.97.